The minimum Gasteiger partial charge on any atom is -0.361 e. The minimum atomic E-state index is -0.0322. The topological polar surface area (TPSA) is 64.2 Å². The molecule has 0 N–H and O–H groups in total. The zero-order valence-corrected chi connectivity index (χ0v) is 14.8. The molecule has 26 heavy (non-hydrogen) atoms. The third-order valence-electron chi connectivity index (χ3n) is 4.86. The highest BCUT2D eigenvalue weighted by Crippen LogP contribution is 2.23. The fourth-order valence-corrected chi connectivity index (χ4v) is 3.49. The van der Waals surface area contributed by atoms with Gasteiger partial charge in [0.1, 0.15) is 5.76 Å². The van der Waals surface area contributed by atoms with Crippen molar-refractivity contribution in [3.8, 4) is 11.3 Å². The van der Waals surface area contributed by atoms with E-state index in [2.05, 4.69) is 15.2 Å². The molecule has 3 heterocycles. The Hall–Kier alpha value is -2.73. The molecule has 0 radical (unpaired) electrons. The number of aryl methyl sites for hydroxylation is 1. The van der Waals surface area contributed by atoms with Gasteiger partial charge < -0.3 is 4.52 Å². The Morgan fingerprint density at radius 2 is 1.88 bits per heavy atom. The first-order valence-electron chi connectivity index (χ1n) is 8.99. The summed E-state index contributed by atoms with van der Waals surface area (Å²) in [4.78, 5) is 14.7. The molecule has 1 fully saturated rings. The maximum atomic E-state index is 12.3. The van der Waals surface area contributed by atoms with Crippen LogP contribution < -0.4 is 5.56 Å². The van der Waals surface area contributed by atoms with Crippen molar-refractivity contribution in [2.24, 2.45) is 0 Å². The summed E-state index contributed by atoms with van der Waals surface area (Å²) < 4.78 is 6.80. The van der Waals surface area contributed by atoms with Crippen LogP contribution in [0.2, 0.25) is 0 Å². The van der Waals surface area contributed by atoms with Gasteiger partial charge in [0.15, 0.2) is 0 Å². The third kappa shape index (κ3) is 3.60. The van der Waals surface area contributed by atoms with Gasteiger partial charge in [-0.2, -0.15) is 5.10 Å². The average molecular weight is 350 g/mol. The molecule has 1 aliphatic heterocycles. The number of piperidine rings is 1. The summed E-state index contributed by atoms with van der Waals surface area (Å²) in [6, 6.07) is 15.5. The SMILES string of the molecule is Cc1cc(CN2CCC(n3nc(-c4ccccc4)ccc3=O)CC2)no1. The molecule has 1 aromatic carbocycles. The van der Waals surface area contributed by atoms with Gasteiger partial charge in [-0.25, -0.2) is 4.68 Å². The molecule has 4 rings (SSSR count). The van der Waals surface area contributed by atoms with Crippen LogP contribution in [0, 0.1) is 6.92 Å². The van der Waals surface area contributed by atoms with Crippen LogP contribution in [0.4, 0.5) is 0 Å². The van der Waals surface area contributed by atoms with Crippen LogP contribution in [0.5, 0.6) is 0 Å². The summed E-state index contributed by atoms with van der Waals surface area (Å²) in [7, 11) is 0. The van der Waals surface area contributed by atoms with Crippen molar-refractivity contribution in [1.29, 1.82) is 0 Å². The lowest BCUT2D eigenvalue weighted by atomic mass is 10.0. The van der Waals surface area contributed by atoms with Gasteiger partial charge in [0.25, 0.3) is 5.56 Å². The summed E-state index contributed by atoms with van der Waals surface area (Å²) in [6.07, 6.45) is 1.81. The smallest absolute Gasteiger partial charge is 0.267 e. The lowest BCUT2D eigenvalue weighted by molar-refractivity contribution is 0.167. The van der Waals surface area contributed by atoms with E-state index >= 15 is 0 Å². The first-order valence-corrected chi connectivity index (χ1v) is 8.99. The van der Waals surface area contributed by atoms with E-state index in [1.54, 1.807) is 16.8 Å². The van der Waals surface area contributed by atoms with E-state index in [0.717, 1.165) is 55.2 Å². The predicted octanol–water partition coefficient (Wildman–Crippen LogP) is 3.04. The van der Waals surface area contributed by atoms with Crippen molar-refractivity contribution in [3.05, 3.63) is 70.3 Å². The highest BCUT2D eigenvalue weighted by atomic mass is 16.5. The summed E-state index contributed by atoms with van der Waals surface area (Å²) in [6.45, 7) is 4.53. The lowest BCUT2D eigenvalue weighted by Gasteiger charge is -2.31. The van der Waals surface area contributed by atoms with Gasteiger partial charge in [0.2, 0.25) is 0 Å². The summed E-state index contributed by atoms with van der Waals surface area (Å²) in [5.41, 5.74) is 2.79. The molecule has 0 bridgehead atoms. The Morgan fingerprint density at radius 3 is 2.58 bits per heavy atom. The van der Waals surface area contributed by atoms with Crippen molar-refractivity contribution < 1.29 is 4.52 Å². The zero-order chi connectivity index (χ0) is 17.9. The van der Waals surface area contributed by atoms with Crippen molar-refractivity contribution in [2.45, 2.75) is 32.4 Å². The molecule has 0 atom stereocenters. The molecule has 0 aliphatic carbocycles. The maximum Gasteiger partial charge on any atom is 0.267 e. The Balaban J connectivity index is 1.46. The Morgan fingerprint density at radius 1 is 1.12 bits per heavy atom. The van der Waals surface area contributed by atoms with Crippen LogP contribution in [0.1, 0.15) is 30.3 Å². The van der Waals surface area contributed by atoms with Crippen molar-refractivity contribution in [1.82, 2.24) is 19.8 Å². The van der Waals surface area contributed by atoms with E-state index < -0.39 is 0 Å². The quantitative estimate of drug-likeness (QED) is 0.724. The number of likely N-dealkylation sites (tertiary alicyclic amines) is 1. The minimum absolute atomic E-state index is 0.0322. The van der Waals surface area contributed by atoms with Gasteiger partial charge in [-0.05, 0) is 25.8 Å². The lowest BCUT2D eigenvalue weighted by Crippen LogP contribution is -2.38. The van der Waals surface area contributed by atoms with E-state index in [9.17, 15) is 4.79 Å². The Kier molecular flexibility index (Phi) is 4.67. The number of hydrogen-bond acceptors (Lipinski definition) is 5. The molecule has 0 saturated carbocycles. The molecular formula is C20H22N4O2. The van der Waals surface area contributed by atoms with E-state index in [1.165, 1.54) is 0 Å². The van der Waals surface area contributed by atoms with Gasteiger partial charge in [-0.15, -0.1) is 0 Å². The van der Waals surface area contributed by atoms with Crippen LogP contribution in [0.3, 0.4) is 0 Å². The number of nitrogens with zero attached hydrogens (tertiary/aromatic N) is 4. The highest BCUT2D eigenvalue weighted by Gasteiger charge is 2.23. The van der Waals surface area contributed by atoms with Gasteiger partial charge in [0, 0.05) is 37.3 Å². The molecule has 0 amide bonds. The number of hydrogen-bond donors (Lipinski definition) is 0. The number of aromatic nitrogens is 3. The zero-order valence-electron chi connectivity index (χ0n) is 14.8. The van der Waals surface area contributed by atoms with E-state index in [4.69, 9.17) is 4.52 Å². The second kappa shape index (κ2) is 7.25. The van der Waals surface area contributed by atoms with Crippen LogP contribution in [0.25, 0.3) is 11.3 Å². The fourth-order valence-electron chi connectivity index (χ4n) is 3.49. The van der Waals surface area contributed by atoms with Gasteiger partial charge in [-0.1, -0.05) is 35.5 Å². The normalized spacial score (nSPS) is 16.0. The standard InChI is InChI=1S/C20H22N4O2/c1-15-13-17(22-26-15)14-23-11-9-18(10-12-23)24-20(25)8-7-19(21-24)16-5-3-2-4-6-16/h2-8,13,18H,9-12,14H2,1H3. The number of rotatable bonds is 4. The average Bonchev–Trinajstić information content (AvgIpc) is 3.08. The summed E-state index contributed by atoms with van der Waals surface area (Å²) in [5.74, 6) is 0.836. The summed E-state index contributed by atoms with van der Waals surface area (Å²) in [5, 5.41) is 8.70. The van der Waals surface area contributed by atoms with Gasteiger partial charge >= 0.3 is 0 Å². The van der Waals surface area contributed by atoms with Crippen LogP contribution in [0.15, 0.2) is 57.8 Å². The predicted molar refractivity (Wildman–Crippen MR) is 98.7 cm³/mol. The van der Waals surface area contributed by atoms with Gasteiger partial charge in [0.05, 0.1) is 17.4 Å². The molecule has 0 unspecified atom stereocenters. The number of benzene rings is 1. The Labute approximate surface area is 152 Å². The Bertz CT molecular complexity index is 924. The molecule has 3 aromatic rings. The molecule has 1 aliphatic rings. The maximum absolute atomic E-state index is 12.3. The van der Waals surface area contributed by atoms with E-state index in [-0.39, 0.29) is 11.6 Å². The first-order chi connectivity index (χ1) is 12.7. The van der Waals surface area contributed by atoms with Crippen molar-refractivity contribution in [2.75, 3.05) is 13.1 Å². The highest BCUT2D eigenvalue weighted by molar-refractivity contribution is 5.57. The van der Waals surface area contributed by atoms with Gasteiger partial charge in [-0.3, -0.25) is 9.69 Å². The molecule has 2 aromatic heterocycles. The second-order valence-electron chi connectivity index (χ2n) is 6.80. The van der Waals surface area contributed by atoms with Crippen molar-refractivity contribution >= 4 is 0 Å². The monoisotopic (exact) mass is 350 g/mol. The third-order valence-corrected chi connectivity index (χ3v) is 4.86. The second-order valence-corrected chi connectivity index (χ2v) is 6.80. The molecule has 134 valence electrons. The molecule has 6 heteroatoms. The van der Waals surface area contributed by atoms with E-state index in [1.807, 2.05) is 43.3 Å². The summed E-state index contributed by atoms with van der Waals surface area (Å²) >= 11 is 0. The molecule has 1 saturated heterocycles. The first kappa shape index (κ1) is 16.7. The van der Waals surface area contributed by atoms with Crippen molar-refractivity contribution in [3.63, 3.8) is 0 Å². The van der Waals surface area contributed by atoms with Crippen LogP contribution in [-0.4, -0.2) is 32.9 Å². The van der Waals surface area contributed by atoms with E-state index in [0.29, 0.717) is 0 Å². The van der Waals surface area contributed by atoms with Crippen LogP contribution >= 0.6 is 0 Å². The molecule has 0 spiro atoms. The van der Waals surface area contributed by atoms with Crippen LogP contribution in [-0.2, 0) is 6.54 Å². The fraction of sp³-hybridized carbons (Fsp3) is 0.350. The molecule has 6 nitrogen and oxygen atoms in total. The largest absolute Gasteiger partial charge is 0.361 e. The molecular weight excluding hydrogens is 328 g/mol.